The smallest absolute Gasteiger partial charge is 0.261 e. The van der Waals surface area contributed by atoms with Gasteiger partial charge >= 0.3 is 0 Å². The predicted molar refractivity (Wildman–Crippen MR) is 106 cm³/mol. The lowest BCUT2D eigenvalue weighted by Gasteiger charge is -2.08. The number of aromatic nitrogens is 3. The van der Waals surface area contributed by atoms with Crippen LogP contribution in [-0.4, -0.2) is 15.1 Å². The van der Waals surface area contributed by atoms with Crippen molar-refractivity contribution in [2.75, 3.05) is 5.32 Å². The number of anilines is 1. The second-order valence-electron chi connectivity index (χ2n) is 6.48. The maximum absolute atomic E-state index is 5.53. The van der Waals surface area contributed by atoms with E-state index in [0.717, 1.165) is 22.5 Å². The molecule has 5 heteroatoms. The standard InChI is InChI=1S/C22H20N4O/c1-15-9-11-17(12-10-15)14-24-20-19(8-5-13-23-20)22-25-21(26-27-22)18-7-4-3-6-16(18)2/h3-13H,14H2,1-2H3,(H,23,24). The Balaban J connectivity index is 1.60. The first-order valence-electron chi connectivity index (χ1n) is 8.85. The Hall–Kier alpha value is -3.47. The van der Waals surface area contributed by atoms with E-state index in [-0.39, 0.29) is 0 Å². The molecule has 0 unspecified atom stereocenters. The second kappa shape index (κ2) is 7.41. The molecule has 2 aromatic carbocycles. The van der Waals surface area contributed by atoms with E-state index in [9.17, 15) is 0 Å². The van der Waals surface area contributed by atoms with Gasteiger partial charge in [0.05, 0.1) is 5.56 Å². The molecule has 0 fully saturated rings. The maximum atomic E-state index is 5.53. The summed E-state index contributed by atoms with van der Waals surface area (Å²) in [7, 11) is 0. The van der Waals surface area contributed by atoms with Crippen LogP contribution >= 0.6 is 0 Å². The molecular weight excluding hydrogens is 336 g/mol. The molecule has 0 bridgehead atoms. The van der Waals surface area contributed by atoms with Crippen molar-refractivity contribution in [3.8, 4) is 22.8 Å². The molecular formula is C22H20N4O. The minimum Gasteiger partial charge on any atom is -0.365 e. The lowest BCUT2D eigenvalue weighted by Crippen LogP contribution is -2.03. The average molecular weight is 356 g/mol. The fourth-order valence-electron chi connectivity index (χ4n) is 2.88. The Bertz CT molecular complexity index is 1050. The zero-order chi connectivity index (χ0) is 18.6. The van der Waals surface area contributed by atoms with Crippen molar-refractivity contribution in [2.24, 2.45) is 0 Å². The topological polar surface area (TPSA) is 63.8 Å². The molecule has 4 aromatic rings. The highest BCUT2D eigenvalue weighted by atomic mass is 16.5. The number of hydrogen-bond donors (Lipinski definition) is 1. The average Bonchev–Trinajstić information content (AvgIpc) is 3.18. The first-order valence-corrected chi connectivity index (χ1v) is 8.85. The molecule has 27 heavy (non-hydrogen) atoms. The van der Waals surface area contributed by atoms with Gasteiger partial charge in [0.25, 0.3) is 5.89 Å². The van der Waals surface area contributed by atoms with Crippen LogP contribution in [0.4, 0.5) is 5.82 Å². The van der Waals surface area contributed by atoms with Gasteiger partial charge in [-0.3, -0.25) is 0 Å². The van der Waals surface area contributed by atoms with Crippen LogP contribution in [0, 0.1) is 13.8 Å². The van der Waals surface area contributed by atoms with Gasteiger partial charge in [-0.05, 0) is 37.1 Å². The summed E-state index contributed by atoms with van der Waals surface area (Å²) in [6, 6.07) is 20.2. The molecule has 0 amide bonds. The zero-order valence-electron chi connectivity index (χ0n) is 15.3. The predicted octanol–water partition coefficient (Wildman–Crippen LogP) is 5.03. The molecule has 0 saturated heterocycles. The maximum Gasteiger partial charge on any atom is 0.261 e. The number of nitrogens with one attached hydrogen (secondary N) is 1. The molecule has 2 heterocycles. The monoisotopic (exact) mass is 356 g/mol. The molecule has 0 spiro atoms. The van der Waals surface area contributed by atoms with E-state index >= 15 is 0 Å². The zero-order valence-corrected chi connectivity index (χ0v) is 15.3. The largest absolute Gasteiger partial charge is 0.365 e. The van der Waals surface area contributed by atoms with E-state index in [0.29, 0.717) is 18.3 Å². The molecule has 0 aliphatic carbocycles. The number of hydrogen-bond acceptors (Lipinski definition) is 5. The molecule has 2 aromatic heterocycles. The fraction of sp³-hybridized carbons (Fsp3) is 0.136. The fourth-order valence-corrected chi connectivity index (χ4v) is 2.88. The molecule has 0 saturated carbocycles. The summed E-state index contributed by atoms with van der Waals surface area (Å²) in [6.07, 6.45) is 1.75. The lowest BCUT2D eigenvalue weighted by molar-refractivity contribution is 0.432. The highest BCUT2D eigenvalue weighted by Gasteiger charge is 2.15. The van der Waals surface area contributed by atoms with E-state index in [1.54, 1.807) is 6.20 Å². The number of aryl methyl sites for hydroxylation is 2. The van der Waals surface area contributed by atoms with Crippen molar-refractivity contribution in [1.29, 1.82) is 0 Å². The number of rotatable bonds is 5. The molecule has 134 valence electrons. The highest BCUT2D eigenvalue weighted by molar-refractivity contribution is 5.70. The van der Waals surface area contributed by atoms with Gasteiger partial charge in [0.2, 0.25) is 5.82 Å². The molecule has 0 aliphatic rings. The van der Waals surface area contributed by atoms with Crippen LogP contribution in [0.5, 0.6) is 0 Å². The Kier molecular flexibility index (Phi) is 4.66. The van der Waals surface area contributed by atoms with Crippen LogP contribution in [0.15, 0.2) is 71.4 Å². The molecule has 0 radical (unpaired) electrons. The van der Waals surface area contributed by atoms with Gasteiger partial charge < -0.3 is 9.84 Å². The van der Waals surface area contributed by atoms with Crippen molar-refractivity contribution in [2.45, 2.75) is 20.4 Å². The van der Waals surface area contributed by atoms with E-state index in [1.807, 2.05) is 43.3 Å². The third-order valence-electron chi connectivity index (χ3n) is 4.43. The Labute approximate surface area is 158 Å². The van der Waals surface area contributed by atoms with Crippen LogP contribution < -0.4 is 5.32 Å². The summed E-state index contributed by atoms with van der Waals surface area (Å²) in [5.74, 6) is 1.75. The van der Waals surface area contributed by atoms with Gasteiger partial charge in [-0.1, -0.05) is 59.3 Å². The Morgan fingerprint density at radius 3 is 2.48 bits per heavy atom. The number of nitrogens with zero attached hydrogens (tertiary/aromatic N) is 3. The van der Waals surface area contributed by atoms with Crippen LogP contribution in [0.3, 0.4) is 0 Å². The van der Waals surface area contributed by atoms with Gasteiger partial charge in [-0.15, -0.1) is 0 Å². The SMILES string of the molecule is Cc1ccc(CNc2ncccc2-c2nc(-c3ccccc3C)no2)cc1. The number of pyridine rings is 1. The van der Waals surface area contributed by atoms with Gasteiger partial charge in [-0.2, -0.15) is 4.98 Å². The van der Waals surface area contributed by atoms with Crippen molar-refractivity contribution < 1.29 is 4.52 Å². The quantitative estimate of drug-likeness (QED) is 0.543. The van der Waals surface area contributed by atoms with Crippen LogP contribution in [0.25, 0.3) is 22.8 Å². The van der Waals surface area contributed by atoms with Crippen molar-refractivity contribution >= 4 is 5.82 Å². The lowest BCUT2D eigenvalue weighted by atomic mass is 10.1. The second-order valence-corrected chi connectivity index (χ2v) is 6.48. The van der Waals surface area contributed by atoms with E-state index < -0.39 is 0 Å². The van der Waals surface area contributed by atoms with Gasteiger partial charge in [0.15, 0.2) is 0 Å². The van der Waals surface area contributed by atoms with E-state index in [1.165, 1.54) is 11.1 Å². The normalized spacial score (nSPS) is 10.7. The molecule has 1 N–H and O–H groups in total. The van der Waals surface area contributed by atoms with Gasteiger partial charge in [0.1, 0.15) is 5.82 Å². The summed E-state index contributed by atoms with van der Waals surface area (Å²) < 4.78 is 5.53. The first-order chi connectivity index (χ1) is 13.2. The van der Waals surface area contributed by atoms with Crippen molar-refractivity contribution in [3.05, 3.63) is 83.6 Å². The molecule has 0 atom stereocenters. The minimum absolute atomic E-state index is 0.452. The van der Waals surface area contributed by atoms with Crippen LogP contribution in [0.2, 0.25) is 0 Å². The minimum atomic E-state index is 0.452. The van der Waals surface area contributed by atoms with Crippen LogP contribution in [0.1, 0.15) is 16.7 Å². The highest BCUT2D eigenvalue weighted by Crippen LogP contribution is 2.28. The summed E-state index contributed by atoms with van der Waals surface area (Å²) in [6.45, 7) is 4.78. The van der Waals surface area contributed by atoms with Gasteiger partial charge in [0, 0.05) is 18.3 Å². The summed E-state index contributed by atoms with van der Waals surface area (Å²) in [5.41, 5.74) is 5.28. The molecule has 4 rings (SSSR count). The Morgan fingerprint density at radius 1 is 0.889 bits per heavy atom. The van der Waals surface area contributed by atoms with E-state index in [2.05, 4.69) is 51.6 Å². The van der Waals surface area contributed by atoms with E-state index in [4.69, 9.17) is 4.52 Å². The number of benzene rings is 2. The van der Waals surface area contributed by atoms with Crippen molar-refractivity contribution in [1.82, 2.24) is 15.1 Å². The molecule has 5 nitrogen and oxygen atoms in total. The summed E-state index contributed by atoms with van der Waals surface area (Å²) in [4.78, 5) is 9.03. The van der Waals surface area contributed by atoms with Crippen molar-refractivity contribution in [3.63, 3.8) is 0 Å². The summed E-state index contributed by atoms with van der Waals surface area (Å²) in [5, 5.41) is 7.52. The Morgan fingerprint density at radius 2 is 1.67 bits per heavy atom. The summed E-state index contributed by atoms with van der Waals surface area (Å²) >= 11 is 0. The first kappa shape index (κ1) is 17.0. The van der Waals surface area contributed by atoms with Crippen LogP contribution in [-0.2, 0) is 6.54 Å². The van der Waals surface area contributed by atoms with Gasteiger partial charge in [-0.25, -0.2) is 4.98 Å². The third-order valence-corrected chi connectivity index (χ3v) is 4.43. The third kappa shape index (κ3) is 3.72. The molecule has 0 aliphatic heterocycles.